The molecular weight excluding hydrogens is 446 g/mol. The van der Waals surface area contributed by atoms with Crippen LogP contribution in [0.1, 0.15) is 22.4 Å². The summed E-state index contributed by atoms with van der Waals surface area (Å²) in [5.41, 5.74) is 5.38. The van der Waals surface area contributed by atoms with Crippen LogP contribution in [0.2, 0.25) is 0 Å². The highest BCUT2D eigenvalue weighted by Gasteiger charge is 2.36. The molecule has 0 bridgehead atoms. The van der Waals surface area contributed by atoms with E-state index in [1.165, 1.54) is 22.3 Å². The summed E-state index contributed by atoms with van der Waals surface area (Å²) in [5, 5.41) is 15.6. The van der Waals surface area contributed by atoms with Crippen molar-refractivity contribution in [2.45, 2.75) is 20.8 Å². The molecule has 0 spiro atoms. The summed E-state index contributed by atoms with van der Waals surface area (Å²) in [5.74, 6) is 0.326. The summed E-state index contributed by atoms with van der Waals surface area (Å²) in [6, 6.07) is 17.7. The van der Waals surface area contributed by atoms with Gasteiger partial charge in [-0.2, -0.15) is 15.1 Å². The van der Waals surface area contributed by atoms with Crippen LogP contribution in [-0.4, -0.2) is 38.1 Å². The Bertz CT molecular complexity index is 1420. The van der Waals surface area contributed by atoms with Gasteiger partial charge in [0.2, 0.25) is 5.17 Å². The van der Waals surface area contributed by atoms with Crippen molar-refractivity contribution in [1.82, 2.24) is 9.58 Å². The Hall–Kier alpha value is -3.91. The third kappa shape index (κ3) is 3.97. The van der Waals surface area contributed by atoms with Gasteiger partial charge in [0.15, 0.2) is 5.84 Å². The number of hydrogen-bond acceptors (Lipinski definition) is 5. The van der Waals surface area contributed by atoms with E-state index in [4.69, 9.17) is 10.1 Å². The zero-order valence-corrected chi connectivity index (χ0v) is 19.9. The molecule has 34 heavy (non-hydrogen) atoms. The first kappa shape index (κ1) is 21.9. The SMILES string of the molecule is Cc1ccccc1OCC1=NN2C(=N)/C(=C\c3cccn3-c3cccc(C)c3C)C(=O)N=C2S1. The highest BCUT2D eigenvalue weighted by molar-refractivity contribution is 8.27. The minimum atomic E-state index is -0.450. The fourth-order valence-corrected chi connectivity index (χ4v) is 4.62. The van der Waals surface area contributed by atoms with Crippen molar-refractivity contribution in [2.24, 2.45) is 10.1 Å². The Morgan fingerprint density at radius 3 is 2.65 bits per heavy atom. The predicted octanol–water partition coefficient (Wildman–Crippen LogP) is 5.10. The smallest absolute Gasteiger partial charge is 0.283 e. The van der Waals surface area contributed by atoms with Crippen molar-refractivity contribution in [2.75, 3.05) is 6.61 Å². The predicted molar refractivity (Wildman–Crippen MR) is 137 cm³/mol. The minimum absolute atomic E-state index is 0.00195. The number of amidine groups is 2. The molecule has 2 aliphatic rings. The third-order valence-corrected chi connectivity index (χ3v) is 6.73. The number of carbonyl (C=O) groups excluding carboxylic acids is 1. The molecule has 0 unspecified atom stereocenters. The quantitative estimate of drug-likeness (QED) is 0.527. The Labute approximate surface area is 202 Å². The summed E-state index contributed by atoms with van der Waals surface area (Å²) in [6.07, 6.45) is 3.65. The fraction of sp³-hybridized carbons (Fsp3) is 0.154. The number of hydrogen-bond donors (Lipinski definition) is 1. The molecule has 0 atom stereocenters. The van der Waals surface area contributed by atoms with Crippen LogP contribution in [0.25, 0.3) is 11.8 Å². The summed E-state index contributed by atoms with van der Waals surface area (Å²) in [6.45, 7) is 6.36. The number of aryl methyl sites for hydroxylation is 2. The molecule has 1 aromatic heterocycles. The molecule has 0 saturated carbocycles. The van der Waals surface area contributed by atoms with Crippen LogP contribution in [0, 0.1) is 26.2 Å². The van der Waals surface area contributed by atoms with Crippen LogP contribution in [0.5, 0.6) is 5.75 Å². The second kappa shape index (κ2) is 8.79. The lowest BCUT2D eigenvalue weighted by molar-refractivity contribution is -0.114. The van der Waals surface area contributed by atoms with E-state index in [2.05, 4.69) is 30.0 Å². The van der Waals surface area contributed by atoms with Gasteiger partial charge < -0.3 is 9.30 Å². The number of benzene rings is 2. The largest absolute Gasteiger partial charge is 0.486 e. The number of hydrazone groups is 1. The van der Waals surface area contributed by atoms with Gasteiger partial charge in [-0.05, 0) is 79.6 Å². The summed E-state index contributed by atoms with van der Waals surface area (Å²) >= 11 is 1.25. The number of carbonyl (C=O) groups is 1. The van der Waals surface area contributed by atoms with E-state index >= 15 is 0 Å². The summed E-state index contributed by atoms with van der Waals surface area (Å²) in [4.78, 5) is 17.0. The van der Waals surface area contributed by atoms with Crippen molar-refractivity contribution < 1.29 is 9.53 Å². The topological polar surface area (TPSA) is 83.0 Å². The molecule has 3 heterocycles. The number of nitrogens with one attached hydrogen (secondary N) is 1. The van der Waals surface area contributed by atoms with Crippen molar-refractivity contribution in [3.05, 3.63) is 88.8 Å². The Balaban J connectivity index is 1.41. The normalized spacial score (nSPS) is 16.6. The van der Waals surface area contributed by atoms with Crippen LogP contribution in [0.4, 0.5) is 0 Å². The fourth-order valence-electron chi connectivity index (χ4n) is 3.82. The lowest BCUT2D eigenvalue weighted by Gasteiger charge is -2.20. The molecule has 7 nitrogen and oxygen atoms in total. The molecule has 1 N–H and O–H groups in total. The zero-order valence-electron chi connectivity index (χ0n) is 19.1. The van der Waals surface area contributed by atoms with Crippen molar-refractivity contribution in [1.29, 1.82) is 5.41 Å². The second-order valence-corrected chi connectivity index (χ2v) is 9.13. The van der Waals surface area contributed by atoms with Gasteiger partial charge >= 0.3 is 0 Å². The number of fused-ring (bicyclic) bond motifs is 1. The summed E-state index contributed by atoms with van der Waals surface area (Å²) in [7, 11) is 0. The Kier molecular flexibility index (Phi) is 5.67. The van der Waals surface area contributed by atoms with E-state index in [1.54, 1.807) is 6.08 Å². The number of aliphatic imine (C=N–C) groups is 1. The van der Waals surface area contributed by atoms with E-state index < -0.39 is 5.91 Å². The first-order valence-corrected chi connectivity index (χ1v) is 11.7. The number of rotatable bonds is 5. The minimum Gasteiger partial charge on any atom is -0.486 e. The van der Waals surface area contributed by atoms with Crippen LogP contribution in [0.15, 0.2) is 76.5 Å². The van der Waals surface area contributed by atoms with E-state index in [-0.39, 0.29) is 18.0 Å². The summed E-state index contributed by atoms with van der Waals surface area (Å²) < 4.78 is 7.89. The molecular formula is C26H23N5O2S. The van der Waals surface area contributed by atoms with E-state index in [9.17, 15) is 4.79 Å². The van der Waals surface area contributed by atoms with Crippen molar-refractivity contribution in [3.8, 4) is 11.4 Å². The number of aromatic nitrogens is 1. The first-order chi connectivity index (χ1) is 16.4. The van der Waals surface area contributed by atoms with E-state index in [0.29, 0.717) is 10.2 Å². The molecule has 2 aliphatic heterocycles. The maximum Gasteiger partial charge on any atom is 0.283 e. The number of para-hydroxylation sites is 1. The molecule has 5 rings (SSSR count). The second-order valence-electron chi connectivity index (χ2n) is 8.09. The van der Waals surface area contributed by atoms with Gasteiger partial charge in [0, 0.05) is 17.6 Å². The van der Waals surface area contributed by atoms with Gasteiger partial charge in [0.05, 0.1) is 5.57 Å². The molecule has 0 saturated heterocycles. The van der Waals surface area contributed by atoms with Crippen LogP contribution in [0.3, 0.4) is 0 Å². The van der Waals surface area contributed by atoms with E-state index in [0.717, 1.165) is 28.3 Å². The van der Waals surface area contributed by atoms with E-state index in [1.807, 2.05) is 66.2 Å². The average molecular weight is 470 g/mol. The van der Waals surface area contributed by atoms with Gasteiger partial charge in [-0.15, -0.1) is 0 Å². The number of thioether (sulfide) groups is 1. The molecule has 0 fully saturated rings. The monoisotopic (exact) mass is 469 g/mol. The lowest BCUT2D eigenvalue weighted by atomic mass is 10.1. The highest BCUT2D eigenvalue weighted by Crippen LogP contribution is 2.30. The van der Waals surface area contributed by atoms with Crippen molar-refractivity contribution >= 4 is 39.8 Å². The maximum absolute atomic E-state index is 12.8. The Morgan fingerprint density at radius 1 is 1.03 bits per heavy atom. The van der Waals surface area contributed by atoms with Gasteiger partial charge in [-0.1, -0.05) is 30.3 Å². The maximum atomic E-state index is 12.8. The van der Waals surface area contributed by atoms with Gasteiger partial charge in [0.25, 0.3) is 5.91 Å². The molecule has 170 valence electrons. The lowest BCUT2D eigenvalue weighted by Crippen LogP contribution is -2.35. The zero-order chi connectivity index (χ0) is 23.8. The van der Waals surface area contributed by atoms with Gasteiger partial charge in [0.1, 0.15) is 17.4 Å². The molecule has 1 amide bonds. The van der Waals surface area contributed by atoms with Gasteiger partial charge in [-0.3, -0.25) is 10.2 Å². The van der Waals surface area contributed by atoms with Crippen LogP contribution in [-0.2, 0) is 4.79 Å². The molecule has 0 aliphatic carbocycles. The molecule has 8 heteroatoms. The molecule has 0 radical (unpaired) electrons. The number of ether oxygens (including phenoxy) is 1. The van der Waals surface area contributed by atoms with Crippen LogP contribution < -0.4 is 4.74 Å². The Morgan fingerprint density at radius 2 is 1.82 bits per heavy atom. The first-order valence-electron chi connectivity index (χ1n) is 10.8. The number of nitrogens with zero attached hydrogens (tertiary/aromatic N) is 4. The molecule has 2 aromatic carbocycles. The standard InChI is InChI=1S/C26H23N5O2S/c1-16-9-6-11-21(18(16)3)30-13-7-10-19(30)14-20-24(27)31-26(28-25(20)32)34-23(29-31)15-33-22-12-5-4-8-17(22)2/h4-14,27H,15H2,1-3H3/b20-14+,27-24?. The van der Waals surface area contributed by atoms with Crippen LogP contribution >= 0.6 is 11.8 Å². The number of amides is 1. The van der Waals surface area contributed by atoms with Crippen molar-refractivity contribution in [3.63, 3.8) is 0 Å². The molecule has 3 aromatic rings. The third-order valence-electron chi connectivity index (χ3n) is 5.85. The van der Waals surface area contributed by atoms with Gasteiger partial charge in [-0.25, -0.2) is 0 Å². The highest BCUT2D eigenvalue weighted by atomic mass is 32.2. The average Bonchev–Trinajstić information content (AvgIpc) is 3.45.